The van der Waals surface area contributed by atoms with E-state index in [4.69, 9.17) is 9.84 Å². The number of carboxylic acids is 1. The van der Waals surface area contributed by atoms with Crippen LogP contribution in [0.4, 0.5) is 18.0 Å². The van der Waals surface area contributed by atoms with Gasteiger partial charge in [-0.1, -0.05) is 12.1 Å². The topological polar surface area (TPSA) is 78.9 Å². The molecule has 25 heavy (non-hydrogen) atoms. The Morgan fingerprint density at radius 3 is 2.28 bits per heavy atom. The molecule has 0 radical (unpaired) electrons. The van der Waals surface area contributed by atoms with E-state index in [2.05, 4.69) is 5.32 Å². The van der Waals surface area contributed by atoms with E-state index in [1.165, 1.54) is 11.9 Å². The zero-order chi connectivity index (χ0) is 19.2. The molecule has 9 heteroatoms. The van der Waals surface area contributed by atoms with E-state index >= 15 is 0 Å². The Kier molecular flexibility index (Phi) is 7.08. The van der Waals surface area contributed by atoms with Crippen molar-refractivity contribution in [1.82, 2.24) is 10.2 Å². The van der Waals surface area contributed by atoms with Gasteiger partial charge in [0.05, 0.1) is 6.42 Å². The van der Waals surface area contributed by atoms with Gasteiger partial charge in [0.15, 0.2) is 6.61 Å². The van der Waals surface area contributed by atoms with Crippen molar-refractivity contribution in [1.29, 1.82) is 0 Å². The molecule has 0 aliphatic heterocycles. The fourth-order valence-corrected chi connectivity index (χ4v) is 2.27. The van der Waals surface area contributed by atoms with Crippen molar-refractivity contribution in [2.24, 2.45) is 0 Å². The maximum absolute atomic E-state index is 12.3. The molecule has 0 aliphatic carbocycles. The molecule has 0 saturated heterocycles. The fourth-order valence-electron chi connectivity index (χ4n) is 2.27. The van der Waals surface area contributed by atoms with Crippen LogP contribution in [0.3, 0.4) is 0 Å². The second-order valence-electron chi connectivity index (χ2n) is 5.69. The van der Waals surface area contributed by atoms with Crippen molar-refractivity contribution < 1.29 is 32.6 Å². The molecule has 0 bridgehead atoms. The highest BCUT2D eigenvalue weighted by atomic mass is 19.4. The number of carboxylic acid groups (broad SMARTS) is 1. The van der Waals surface area contributed by atoms with Gasteiger partial charge in [-0.3, -0.25) is 4.79 Å². The molecule has 6 nitrogen and oxygen atoms in total. The van der Waals surface area contributed by atoms with Gasteiger partial charge in [0.2, 0.25) is 0 Å². The first-order valence-electron chi connectivity index (χ1n) is 7.50. The molecule has 140 valence electrons. The lowest BCUT2D eigenvalue weighted by Crippen LogP contribution is -2.37. The van der Waals surface area contributed by atoms with Crippen LogP contribution in [0.1, 0.15) is 23.1 Å². The minimum Gasteiger partial charge on any atom is -0.484 e. The molecule has 0 aliphatic rings. The molecule has 2 N–H and O–H groups in total. The Balaban J connectivity index is 2.70. The predicted octanol–water partition coefficient (Wildman–Crippen LogP) is 2.86. The minimum atomic E-state index is -4.41. The lowest BCUT2D eigenvalue weighted by Gasteiger charge is -2.20. The lowest BCUT2D eigenvalue weighted by atomic mass is 10.1. The molecule has 0 saturated carbocycles. The Bertz CT molecular complexity index is 609. The SMILES string of the molecule is Cc1cc(CN(C)C(=O)NCCC(=O)O)cc(C)c1OCC(F)(F)F. The second-order valence-corrected chi connectivity index (χ2v) is 5.69. The number of hydrogen-bond acceptors (Lipinski definition) is 3. The fraction of sp³-hybridized carbons (Fsp3) is 0.500. The van der Waals surface area contributed by atoms with Crippen LogP contribution in [0.5, 0.6) is 5.75 Å². The summed E-state index contributed by atoms with van der Waals surface area (Å²) in [4.78, 5) is 23.6. The average Bonchev–Trinajstić information content (AvgIpc) is 2.44. The van der Waals surface area contributed by atoms with Crippen LogP contribution < -0.4 is 10.1 Å². The number of urea groups is 1. The molecule has 0 fully saturated rings. The molecule has 1 aromatic carbocycles. The number of carbonyl (C=O) groups is 2. The number of alkyl halides is 3. The Morgan fingerprint density at radius 1 is 1.24 bits per heavy atom. The number of aryl methyl sites for hydroxylation is 2. The molecule has 0 atom stereocenters. The summed E-state index contributed by atoms with van der Waals surface area (Å²) in [6.07, 6.45) is -4.59. The van der Waals surface area contributed by atoms with Crippen LogP contribution in [0, 0.1) is 13.8 Å². The smallest absolute Gasteiger partial charge is 0.422 e. The summed E-state index contributed by atoms with van der Waals surface area (Å²) in [5.74, 6) is -0.835. The third-order valence-corrected chi connectivity index (χ3v) is 3.28. The summed E-state index contributed by atoms with van der Waals surface area (Å²) in [5, 5.41) is 11.0. The van der Waals surface area contributed by atoms with E-state index in [1.54, 1.807) is 26.0 Å². The predicted molar refractivity (Wildman–Crippen MR) is 84.6 cm³/mol. The molecule has 0 unspecified atom stereocenters. The van der Waals surface area contributed by atoms with E-state index in [0.717, 1.165) is 5.56 Å². The Labute approximate surface area is 143 Å². The average molecular weight is 362 g/mol. The number of nitrogens with one attached hydrogen (secondary N) is 1. The summed E-state index contributed by atoms with van der Waals surface area (Å²) in [7, 11) is 1.54. The molecular formula is C16H21F3N2O4. The Hall–Kier alpha value is -2.45. The summed E-state index contributed by atoms with van der Waals surface area (Å²) in [6.45, 7) is 2.14. The van der Waals surface area contributed by atoms with Gasteiger partial charge in [0.25, 0.3) is 0 Å². The standard InChI is InChI=1S/C16H21F3N2O4/c1-10-6-12(7-11(2)14(10)25-9-16(17,18)19)8-21(3)15(24)20-5-4-13(22)23/h6-7H,4-5,8-9H2,1-3H3,(H,20,24)(H,22,23). The number of hydrogen-bond donors (Lipinski definition) is 2. The van der Waals surface area contributed by atoms with E-state index < -0.39 is 24.8 Å². The second kappa shape index (κ2) is 8.59. The highest BCUT2D eigenvalue weighted by molar-refractivity contribution is 5.75. The first-order chi connectivity index (χ1) is 11.5. The third kappa shape index (κ3) is 7.32. The van der Waals surface area contributed by atoms with Crippen molar-refractivity contribution in [3.8, 4) is 5.75 Å². The first-order valence-corrected chi connectivity index (χ1v) is 7.50. The Morgan fingerprint density at radius 2 is 1.80 bits per heavy atom. The van der Waals surface area contributed by atoms with E-state index in [0.29, 0.717) is 11.1 Å². The van der Waals surface area contributed by atoms with Crippen molar-refractivity contribution in [3.05, 3.63) is 28.8 Å². The summed E-state index contributed by atoms with van der Waals surface area (Å²) in [6, 6.07) is 2.87. The zero-order valence-electron chi connectivity index (χ0n) is 14.2. The molecule has 2 amide bonds. The largest absolute Gasteiger partial charge is 0.484 e. The maximum atomic E-state index is 12.3. The van der Waals surface area contributed by atoms with Gasteiger partial charge in [0.1, 0.15) is 5.75 Å². The lowest BCUT2D eigenvalue weighted by molar-refractivity contribution is -0.153. The summed E-state index contributed by atoms with van der Waals surface area (Å²) < 4.78 is 41.7. The van der Waals surface area contributed by atoms with Crippen molar-refractivity contribution in [2.45, 2.75) is 33.0 Å². The molecule has 0 heterocycles. The molecular weight excluding hydrogens is 341 g/mol. The normalized spacial score (nSPS) is 11.1. The number of aliphatic carboxylic acids is 1. The van der Waals surface area contributed by atoms with Gasteiger partial charge >= 0.3 is 18.2 Å². The van der Waals surface area contributed by atoms with Gasteiger partial charge in [-0.05, 0) is 30.5 Å². The number of amides is 2. The quantitative estimate of drug-likeness (QED) is 0.782. The van der Waals surface area contributed by atoms with Gasteiger partial charge in [-0.15, -0.1) is 0 Å². The van der Waals surface area contributed by atoms with Crippen LogP contribution in [-0.2, 0) is 11.3 Å². The van der Waals surface area contributed by atoms with Gasteiger partial charge in [0, 0.05) is 20.1 Å². The van der Waals surface area contributed by atoms with E-state index in [-0.39, 0.29) is 25.3 Å². The number of nitrogens with zero attached hydrogens (tertiary/aromatic N) is 1. The van der Waals surface area contributed by atoms with Crippen LogP contribution in [0.2, 0.25) is 0 Å². The highest BCUT2D eigenvalue weighted by Gasteiger charge is 2.29. The van der Waals surface area contributed by atoms with Gasteiger partial charge < -0.3 is 20.1 Å². The molecule has 1 aromatic rings. The molecule has 0 spiro atoms. The third-order valence-electron chi connectivity index (χ3n) is 3.28. The first kappa shape index (κ1) is 20.6. The monoisotopic (exact) mass is 362 g/mol. The van der Waals surface area contributed by atoms with Crippen molar-refractivity contribution in [2.75, 3.05) is 20.2 Å². The van der Waals surface area contributed by atoms with Crippen molar-refractivity contribution in [3.63, 3.8) is 0 Å². The van der Waals surface area contributed by atoms with Gasteiger partial charge in [-0.2, -0.15) is 13.2 Å². The van der Waals surface area contributed by atoms with Gasteiger partial charge in [-0.25, -0.2) is 4.79 Å². The van der Waals surface area contributed by atoms with Crippen molar-refractivity contribution >= 4 is 12.0 Å². The van der Waals surface area contributed by atoms with Crippen LogP contribution in [0.15, 0.2) is 12.1 Å². The molecule has 1 rings (SSSR count). The maximum Gasteiger partial charge on any atom is 0.422 e. The minimum absolute atomic E-state index is 0.0147. The van der Waals surface area contributed by atoms with E-state index in [9.17, 15) is 22.8 Å². The number of ether oxygens (including phenoxy) is 1. The number of benzene rings is 1. The van der Waals surface area contributed by atoms with E-state index in [1.807, 2.05) is 0 Å². The number of carbonyl (C=O) groups excluding carboxylic acids is 1. The number of halogens is 3. The zero-order valence-corrected chi connectivity index (χ0v) is 14.2. The highest BCUT2D eigenvalue weighted by Crippen LogP contribution is 2.27. The van der Waals surface area contributed by atoms with Crippen LogP contribution in [-0.4, -0.2) is 48.4 Å². The van der Waals surface area contributed by atoms with Crippen LogP contribution in [0.25, 0.3) is 0 Å². The molecule has 0 aromatic heterocycles. The van der Waals surface area contributed by atoms with Crippen LogP contribution >= 0.6 is 0 Å². The summed E-state index contributed by atoms with van der Waals surface area (Å²) in [5.41, 5.74) is 1.81. The summed E-state index contributed by atoms with van der Waals surface area (Å²) >= 11 is 0. The number of rotatable bonds is 7.